The van der Waals surface area contributed by atoms with Crippen LogP contribution < -0.4 is 5.32 Å². The highest BCUT2D eigenvalue weighted by Gasteiger charge is 2.24. The van der Waals surface area contributed by atoms with Crippen LogP contribution in [-0.2, 0) is 9.59 Å². The lowest BCUT2D eigenvalue weighted by Gasteiger charge is -2.34. The van der Waals surface area contributed by atoms with Crippen molar-refractivity contribution in [3.8, 4) is 0 Å². The van der Waals surface area contributed by atoms with Crippen LogP contribution in [0.2, 0.25) is 0 Å². The van der Waals surface area contributed by atoms with Gasteiger partial charge in [0.1, 0.15) is 0 Å². The summed E-state index contributed by atoms with van der Waals surface area (Å²) in [7, 11) is 1.92. The predicted octanol–water partition coefficient (Wildman–Crippen LogP) is 1.33. The second kappa shape index (κ2) is 8.77. The van der Waals surface area contributed by atoms with Crippen molar-refractivity contribution >= 4 is 23.6 Å². The zero-order chi connectivity index (χ0) is 15.9. The second-order valence-electron chi connectivity index (χ2n) is 6.43. The van der Waals surface area contributed by atoms with Crippen molar-refractivity contribution in [1.82, 2.24) is 15.1 Å². The predicted molar refractivity (Wildman–Crippen MR) is 91.0 cm³/mol. The Morgan fingerprint density at radius 1 is 1.23 bits per heavy atom. The Hall–Kier alpha value is -0.750. The van der Waals surface area contributed by atoms with Crippen LogP contribution in [0.4, 0.5) is 0 Å². The van der Waals surface area contributed by atoms with Crippen LogP contribution in [0.1, 0.15) is 39.0 Å². The number of nitrogens with zero attached hydrogens (tertiary/aromatic N) is 2. The second-order valence-corrected chi connectivity index (χ2v) is 7.42. The Morgan fingerprint density at radius 2 is 1.95 bits per heavy atom. The number of carbonyl (C=O) groups is 2. The molecule has 0 radical (unpaired) electrons. The normalized spacial score (nSPS) is 23.4. The molecule has 2 rings (SSSR count). The number of piperazine rings is 1. The minimum Gasteiger partial charge on any atom is -0.342 e. The summed E-state index contributed by atoms with van der Waals surface area (Å²) in [5, 5.41) is 3.28. The number of carbonyl (C=O) groups excluding carboxylic acids is 2. The lowest BCUT2D eigenvalue weighted by atomic mass is 9.94. The standard InChI is InChI=1S/C16H29N3O2S/c1-13-10-17-8-9-19(13)16(21)12-22-11-15(20)18(2)14-6-4-3-5-7-14/h13-14,17H,3-12H2,1-2H3/t13-/m0/s1. The van der Waals surface area contributed by atoms with Crippen molar-refractivity contribution in [1.29, 1.82) is 0 Å². The molecule has 22 heavy (non-hydrogen) atoms. The van der Waals surface area contributed by atoms with E-state index < -0.39 is 0 Å². The minimum absolute atomic E-state index is 0.159. The van der Waals surface area contributed by atoms with Crippen LogP contribution in [0.15, 0.2) is 0 Å². The first-order valence-electron chi connectivity index (χ1n) is 8.43. The summed E-state index contributed by atoms with van der Waals surface area (Å²) < 4.78 is 0. The number of hydrogen-bond donors (Lipinski definition) is 1. The summed E-state index contributed by atoms with van der Waals surface area (Å²) >= 11 is 1.45. The maximum Gasteiger partial charge on any atom is 0.232 e. The van der Waals surface area contributed by atoms with Gasteiger partial charge in [-0.1, -0.05) is 19.3 Å². The van der Waals surface area contributed by atoms with E-state index in [1.807, 2.05) is 16.8 Å². The molecule has 2 aliphatic rings. The van der Waals surface area contributed by atoms with Crippen LogP contribution in [-0.4, -0.2) is 71.9 Å². The van der Waals surface area contributed by atoms with Gasteiger partial charge in [0.05, 0.1) is 11.5 Å². The van der Waals surface area contributed by atoms with E-state index in [1.54, 1.807) is 0 Å². The van der Waals surface area contributed by atoms with Crippen molar-refractivity contribution < 1.29 is 9.59 Å². The monoisotopic (exact) mass is 327 g/mol. The zero-order valence-corrected chi connectivity index (χ0v) is 14.7. The summed E-state index contributed by atoms with van der Waals surface area (Å²) in [6.45, 7) is 4.57. The fourth-order valence-corrected chi connectivity index (χ4v) is 4.11. The first kappa shape index (κ1) is 17.6. The summed E-state index contributed by atoms with van der Waals surface area (Å²) in [5.41, 5.74) is 0. The van der Waals surface area contributed by atoms with Gasteiger partial charge in [-0.25, -0.2) is 0 Å². The molecular weight excluding hydrogens is 298 g/mol. The molecule has 1 aliphatic carbocycles. The fourth-order valence-electron chi connectivity index (χ4n) is 3.29. The Balaban J connectivity index is 1.68. The van der Waals surface area contributed by atoms with E-state index in [0.717, 1.165) is 32.5 Å². The highest BCUT2D eigenvalue weighted by atomic mass is 32.2. The van der Waals surface area contributed by atoms with Gasteiger partial charge in [0.2, 0.25) is 11.8 Å². The first-order chi connectivity index (χ1) is 10.6. The molecule has 1 heterocycles. The Kier molecular flexibility index (Phi) is 7.02. The maximum atomic E-state index is 12.2. The van der Waals surface area contributed by atoms with Crippen LogP contribution in [0, 0.1) is 0 Å². The molecule has 0 aromatic heterocycles. The fraction of sp³-hybridized carbons (Fsp3) is 0.875. The van der Waals surface area contributed by atoms with Crippen molar-refractivity contribution in [2.75, 3.05) is 38.2 Å². The van der Waals surface area contributed by atoms with Gasteiger partial charge in [-0.15, -0.1) is 11.8 Å². The average molecular weight is 327 g/mol. The number of rotatable bonds is 5. The van der Waals surface area contributed by atoms with Gasteiger partial charge in [-0.2, -0.15) is 0 Å². The number of nitrogens with one attached hydrogen (secondary N) is 1. The van der Waals surface area contributed by atoms with Crippen molar-refractivity contribution in [3.63, 3.8) is 0 Å². The Labute approximate surface area is 138 Å². The highest BCUT2D eigenvalue weighted by molar-refractivity contribution is 8.00. The smallest absolute Gasteiger partial charge is 0.232 e. The average Bonchev–Trinajstić information content (AvgIpc) is 2.55. The SMILES string of the molecule is C[C@H]1CNCCN1C(=O)CSCC(=O)N(C)C1CCCCC1. The lowest BCUT2D eigenvalue weighted by molar-refractivity contribution is -0.131. The van der Waals surface area contributed by atoms with Crippen LogP contribution in [0.3, 0.4) is 0 Å². The molecule has 2 fully saturated rings. The topological polar surface area (TPSA) is 52.7 Å². The van der Waals surface area contributed by atoms with Gasteiger partial charge in [-0.3, -0.25) is 9.59 Å². The minimum atomic E-state index is 0.159. The molecule has 0 spiro atoms. The van der Waals surface area contributed by atoms with Gasteiger partial charge < -0.3 is 15.1 Å². The first-order valence-corrected chi connectivity index (χ1v) is 9.58. The van der Waals surface area contributed by atoms with Crippen molar-refractivity contribution in [2.45, 2.75) is 51.1 Å². The van der Waals surface area contributed by atoms with Gasteiger partial charge in [-0.05, 0) is 19.8 Å². The Morgan fingerprint density at radius 3 is 2.64 bits per heavy atom. The molecule has 0 unspecified atom stereocenters. The molecule has 1 saturated heterocycles. The van der Waals surface area contributed by atoms with E-state index in [4.69, 9.17) is 0 Å². The number of amides is 2. The van der Waals surface area contributed by atoms with Crippen LogP contribution >= 0.6 is 11.8 Å². The van der Waals surface area contributed by atoms with E-state index >= 15 is 0 Å². The highest BCUT2D eigenvalue weighted by Crippen LogP contribution is 2.22. The van der Waals surface area contributed by atoms with Gasteiger partial charge >= 0.3 is 0 Å². The molecule has 0 bridgehead atoms. The van der Waals surface area contributed by atoms with Crippen LogP contribution in [0.5, 0.6) is 0 Å². The van der Waals surface area contributed by atoms with E-state index in [9.17, 15) is 9.59 Å². The number of thioether (sulfide) groups is 1. The molecule has 0 aromatic rings. The largest absolute Gasteiger partial charge is 0.342 e. The molecule has 6 heteroatoms. The summed E-state index contributed by atoms with van der Waals surface area (Å²) in [4.78, 5) is 28.3. The molecule has 1 aliphatic heterocycles. The molecule has 1 N–H and O–H groups in total. The molecular formula is C16H29N3O2S. The van der Waals surface area contributed by atoms with Gasteiger partial charge in [0.25, 0.3) is 0 Å². The molecule has 5 nitrogen and oxygen atoms in total. The van der Waals surface area contributed by atoms with E-state index in [1.165, 1.54) is 31.0 Å². The summed E-state index contributed by atoms with van der Waals surface area (Å²) in [5.74, 6) is 1.15. The third-order valence-electron chi connectivity index (χ3n) is 4.79. The summed E-state index contributed by atoms with van der Waals surface area (Å²) in [6.07, 6.45) is 6.02. The van der Waals surface area contributed by atoms with Crippen molar-refractivity contribution in [3.05, 3.63) is 0 Å². The molecule has 126 valence electrons. The van der Waals surface area contributed by atoms with Crippen molar-refractivity contribution in [2.24, 2.45) is 0 Å². The van der Waals surface area contributed by atoms with E-state index in [2.05, 4.69) is 12.2 Å². The third kappa shape index (κ3) is 4.88. The van der Waals surface area contributed by atoms with Gasteiger partial charge in [0.15, 0.2) is 0 Å². The van der Waals surface area contributed by atoms with E-state index in [-0.39, 0.29) is 17.9 Å². The molecule has 2 amide bonds. The molecule has 1 atom stereocenters. The zero-order valence-electron chi connectivity index (χ0n) is 13.8. The van der Waals surface area contributed by atoms with Gasteiger partial charge in [0, 0.05) is 38.8 Å². The molecule has 0 aromatic carbocycles. The third-order valence-corrected chi connectivity index (χ3v) is 5.69. The molecule has 1 saturated carbocycles. The quantitative estimate of drug-likeness (QED) is 0.828. The lowest BCUT2D eigenvalue weighted by Crippen LogP contribution is -2.52. The van der Waals surface area contributed by atoms with E-state index in [0.29, 0.717) is 17.5 Å². The summed E-state index contributed by atoms with van der Waals surface area (Å²) in [6, 6.07) is 0.660. The maximum absolute atomic E-state index is 12.2. The van der Waals surface area contributed by atoms with Crippen LogP contribution in [0.25, 0.3) is 0 Å². The number of hydrogen-bond acceptors (Lipinski definition) is 4. The Bertz CT molecular complexity index is 386.